The maximum atomic E-state index is 12.7. The molecular formula is C30H21BrN2O4. The van der Waals surface area contributed by atoms with Crippen LogP contribution < -0.4 is 14.9 Å². The number of amides is 1. The average molecular weight is 553 g/mol. The SMILES string of the molecule is O=C(COc1ccc2ccccc2c1Br)N/N=C\c1c(OC(=O)c2ccccc2)ccc2ccccc12. The van der Waals surface area contributed by atoms with Crippen molar-refractivity contribution in [2.45, 2.75) is 0 Å². The van der Waals surface area contributed by atoms with Gasteiger partial charge in [-0.25, -0.2) is 10.2 Å². The Morgan fingerprint density at radius 3 is 2.14 bits per heavy atom. The molecule has 7 heteroatoms. The number of hydrazone groups is 1. The van der Waals surface area contributed by atoms with Gasteiger partial charge in [0.05, 0.1) is 16.3 Å². The molecule has 5 aromatic rings. The normalized spacial score (nSPS) is 11.1. The molecule has 1 amide bonds. The van der Waals surface area contributed by atoms with Crippen LogP contribution in [-0.2, 0) is 4.79 Å². The zero-order chi connectivity index (χ0) is 25.6. The summed E-state index contributed by atoms with van der Waals surface area (Å²) in [5.74, 6) is -0.0211. The van der Waals surface area contributed by atoms with E-state index < -0.39 is 11.9 Å². The number of carbonyl (C=O) groups excluding carboxylic acids is 2. The molecule has 0 saturated heterocycles. The van der Waals surface area contributed by atoms with E-state index >= 15 is 0 Å². The van der Waals surface area contributed by atoms with Gasteiger partial charge in [0.25, 0.3) is 5.91 Å². The van der Waals surface area contributed by atoms with Gasteiger partial charge in [0, 0.05) is 5.56 Å². The molecule has 0 heterocycles. The summed E-state index contributed by atoms with van der Waals surface area (Å²) in [4.78, 5) is 25.1. The second-order valence-corrected chi connectivity index (χ2v) is 8.93. The van der Waals surface area contributed by atoms with E-state index in [4.69, 9.17) is 9.47 Å². The molecular weight excluding hydrogens is 532 g/mol. The van der Waals surface area contributed by atoms with E-state index in [1.54, 1.807) is 30.3 Å². The van der Waals surface area contributed by atoms with E-state index in [0.717, 1.165) is 26.0 Å². The summed E-state index contributed by atoms with van der Waals surface area (Å²) >= 11 is 3.55. The number of nitrogens with one attached hydrogen (secondary N) is 1. The van der Waals surface area contributed by atoms with Crippen molar-refractivity contribution in [1.29, 1.82) is 0 Å². The summed E-state index contributed by atoms with van der Waals surface area (Å²) in [5, 5.41) is 7.94. The molecule has 0 fully saturated rings. The number of rotatable bonds is 7. The molecule has 0 spiro atoms. The molecule has 37 heavy (non-hydrogen) atoms. The van der Waals surface area contributed by atoms with Crippen LogP contribution >= 0.6 is 15.9 Å². The molecule has 1 N–H and O–H groups in total. The van der Waals surface area contributed by atoms with E-state index in [9.17, 15) is 9.59 Å². The summed E-state index contributed by atoms with van der Waals surface area (Å²) in [5.41, 5.74) is 3.49. The summed E-state index contributed by atoms with van der Waals surface area (Å²) in [6.45, 7) is -0.223. The van der Waals surface area contributed by atoms with Crippen molar-refractivity contribution in [2.24, 2.45) is 5.10 Å². The lowest BCUT2D eigenvalue weighted by Crippen LogP contribution is -2.24. The lowest BCUT2D eigenvalue weighted by atomic mass is 10.0. The van der Waals surface area contributed by atoms with Crippen LogP contribution in [0.1, 0.15) is 15.9 Å². The van der Waals surface area contributed by atoms with Gasteiger partial charge < -0.3 is 9.47 Å². The van der Waals surface area contributed by atoms with Crippen molar-refractivity contribution in [2.75, 3.05) is 6.61 Å². The van der Waals surface area contributed by atoms with Gasteiger partial charge in [-0.15, -0.1) is 0 Å². The number of carbonyl (C=O) groups is 2. The quantitative estimate of drug-likeness (QED) is 0.108. The summed E-state index contributed by atoms with van der Waals surface area (Å²) in [6.07, 6.45) is 1.47. The Morgan fingerprint density at radius 1 is 0.757 bits per heavy atom. The summed E-state index contributed by atoms with van der Waals surface area (Å²) in [7, 11) is 0. The fourth-order valence-corrected chi connectivity index (χ4v) is 4.51. The maximum absolute atomic E-state index is 12.7. The molecule has 5 aromatic carbocycles. The highest BCUT2D eigenvalue weighted by Gasteiger charge is 2.14. The minimum absolute atomic E-state index is 0.223. The molecule has 0 bridgehead atoms. The van der Waals surface area contributed by atoms with Gasteiger partial charge in [0.1, 0.15) is 11.5 Å². The fraction of sp³-hybridized carbons (Fsp3) is 0.0333. The smallest absolute Gasteiger partial charge is 0.343 e. The van der Waals surface area contributed by atoms with E-state index in [1.165, 1.54) is 6.21 Å². The Morgan fingerprint density at radius 2 is 1.38 bits per heavy atom. The zero-order valence-corrected chi connectivity index (χ0v) is 21.1. The highest BCUT2D eigenvalue weighted by atomic mass is 79.9. The highest BCUT2D eigenvalue weighted by molar-refractivity contribution is 9.10. The summed E-state index contributed by atoms with van der Waals surface area (Å²) in [6, 6.07) is 31.6. The maximum Gasteiger partial charge on any atom is 0.343 e. The van der Waals surface area contributed by atoms with Gasteiger partial charge in [-0.3, -0.25) is 4.79 Å². The molecule has 182 valence electrons. The number of hydrogen-bond donors (Lipinski definition) is 1. The average Bonchev–Trinajstić information content (AvgIpc) is 2.94. The number of esters is 1. The van der Waals surface area contributed by atoms with Crippen molar-refractivity contribution in [3.8, 4) is 11.5 Å². The second kappa shape index (κ2) is 11.1. The number of nitrogens with zero attached hydrogens (tertiary/aromatic N) is 1. The number of fused-ring (bicyclic) bond motifs is 2. The van der Waals surface area contributed by atoms with Crippen LogP contribution in [0.3, 0.4) is 0 Å². The third-order valence-corrected chi connectivity index (χ3v) is 6.53. The Hall–Kier alpha value is -4.49. The standard InChI is InChI=1S/C30H21BrN2O4/c31-29-24-13-7-5-9-21(24)15-17-27(29)36-19-28(34)33-32-18-25-23-12-6-4-8-20(23)14-16-26(25)37-30(35)22-10-2-1-3-11-22/h1-18H,19H2,(H,33,34)/b32-18-. The lowest BCUT2D eigenvalue weighted by molar-refractivity contribution is -0.123. The van der Waals surface area contributed by atoms with E-state index in [1.807, 2.05) is 72.8 Å². The van der Waals surface area contributed by atoms with Gasteiger partial charge in [-0.2, -0.15) is 5.10 Å². The number of hydrogen-bond acceptors (Lipinski definition) is 5. The van der Waals surface area contributed by atoms with Crippen LogP contribution in [0.5, 0.6) is 11.5 Å². The van der Waals surface area contributed by atoms with Gasteiger partial charge in [-0.1, -0.05) is 78.9 Å². The lowest BCUT2D eigenvalue weighted by Gasteiger charge is -2.11. The molecule has 0 aromatic heterocycles. The number of benzene rings is 5. The Labute approximate surface area is 221 Å². The molecule has 0 atom stereocenters. The van der Waals surface area contributed by atoms with Gasteiger partial charge in [0.2, 0.25) is 0 Å². The third kappa shape index (κ3) is 5.52. The number of ether oxygens (including phenoxy) is 2. The van der Waals surface area contributed by atoms with Crippen molar-refractivity contribution in [3.63, 3.8) is 0 Å². The predicted octanol–water partition coefficient (Wildman–Crippen LogP) is 6.50. The molecule has 5 rings (SSSR count). The molecule has 0 unspecified atom stereocenters. The monoisotopic (exact) mass is 552 g/mol. The van der Waals surface area contributed by atoms with Gasteiger partial charge in [-0.05, 0) is 61.7 Å². The van der Waals surface area contributed by atoms with E-state index in [0.29, 0.717) is 22.6 Å². The second-order valence-electron chi connectivity index (χ2n) is 8.13. The fourth-order valence-electron chi connectivity index (χ4n) is 3.90. The molecule has 0 saturated carbocycles. The van der Waals surface area contributed by atoms with Crippen molar-refractivity contribution >= 4 is 55.6 Å². The highest BCUT2D eigenvalue weighted by Crippen LogP contribution is 2.33. The molecule has 0 radical (unpaired) electrons. The minimum atomic E-state index is -0.482. The number of halogens is 1. The Balaban J connectivity index is 1.31. The van der Waals surface area contributed by atoms with Crippen LogP contribution in [0.15, 0.2) is 113 Å². The topological polar surface area (TPSA) is 77.0 Å². The Bertz CT molecular complexity index is 1630. The first kappa shape index (κ1) is 24.2. The van der Waals surface area contributed by atoms with E-state index in [-0.39, 0.29) is 6.61 Å². The Kier molecular flexibility index (Phi) is 7.23. The van der Waals surface area contributed by atoms with Crippen LogP contribution in [0, 0.1) is 0 Å². The van der Waals surface area contributed by atoms with Gasteiger partial charge in [0.15, 0.2) is 6.61 Å². The molecule has 6 nitrogen and oxygen atoms in total. The molecule has 0 aliphatic rings. The largest absolute Gasteiger partial charge is 0.483 e. The van der Waals surface area contributed by atoms with Crippen LogP contribution in [0.25, 0.3) is 21.5 Å². The van der Waals surface area contributed by atoms with Crippen molar-refractivity contribution in [1.82, 2.24) is 5.43 Å². The predicted molar refractivity (Wildman–Crippen MR) is 148 cm³/mol. The van der Waals surface area contributed by atoms with Crippen LogP contribution in [-0.4, -0.2) is 24.7 Å². The first-order valence-corrected chi connectivity index (χ1v) is 12.3. The minimum Gasteiger partial charge on any atom is -0.483 e. The first-order chi connectivity index (χ1) is 18.1. The van der Waals surface area contributed by atoms with Crippen LogP contribution in [0.4, 0.5) is 0 Å². The van der Waals surface area contributed by atoms with E-state index in [2.05, 4.69) is 26.5 Å². The zero-order valence-electron chi connectivity index (χ0n) is 19.6. The van der Waals surface area contributed by atoms with Crippen molar-refractivity contribution in [3.05, 3.63) is 119 Å². The van der Waals surface area contributed by atoms with Crippen molar-refractivity contribution < 1.29 is 19.1 Å². The molecule has 0 aliphatic heterocycles. The first-order valence-electron chi connectivity index (χ1n) is 11.5. The third-order valence-electron chi connectivity index (χ3n) is 5.71. The summed E-state index contributed by atoms with van der Waals surface area (Å²) < 4.78 is 12.2. The van der Waals surface area contributed by atoms with Crippen LogP contribution in [0.2, 0.25) is 0 Å². The van der Waals surface area contributed by atoms with Gasteiger partial charge >= 0.3 is 5.97 Å². The molecule has 0 aliphatic carbocycles.